The van der Waals surface area contributed by atoms with E-state index in [1.165, 1.54) is 0 Å². The standard InChI is InChI=1S/C27H28N2O2S/c1-22-12-14-26(15-13-22)32(30,31)29-17-16-25(20-29)27(21-28,18-23-8-4-2-5-9-23)19-24-10-6-3-7-11-24/h2-15,25H,16-20H2,1H3/t25-/m1/s1. The Bertz CT molecular complexity index is 1140. The van der Waals surface area contributed by atoms with Crippen molar-refractivity contribution in [1.29, 1.82) is 5.26 Å². The Hall–Kier alpha value is -2.94. The highest BCUT2D eigenvalue weighted by Crippen LogP contribution is 2.41. The van der Waals surface area contributed by atoms with E-state index in [9.17, 15) is 13.7 Å². The van der Waals surface area contributed by atoms with E-state index in [4.69, 9.17) is 0 Å². The summed E-state index contributed by atoms with van der Waals surface area (Å²) in [7, 11) is -3.58. The van der Waals surface area contributed by atoms with Crippen LogP contribution in [0.2, 0.25) is 0 Å². The zero-order chi connectivity index (χ0) is 22.6. The summed E-state index contributed by atoms with van der Waals surface area (Å²) in [4.78, 5) is 0.317. The molecule has 1 aliphatic heterocycles. The van der Waals surface area contributed by atoms with Crippen molar-refractivity contribution in [1.82, 2.24) is 4.31 Å². The zero-order valence-electron chi connectivity index (χ0n) is 18.3. The van der Waals surface area contributed by atoms with Crippen LogP contribution in [0.3, 0.4) is 0 Å². The van der Waals surface area contributed by atoms with Crippen molar-refractivity contribution in [2.24, 2.45) is 11.3 Å². The Morgan fingerprint density at radius 2 is 1.44 bits per heavy atom. The predicted octanol–water partition coefficient (Wildman–Crippen LogP) is 5.00. The van der Waals surface area contributed by atoms with Gasteiger partial charge in [0.25, 0.3) is 0 Å². The van der Waals surface area contributed by atoms with Crippen molar-refractivity contribution >= 4 is 10.0 Å². The van der Waals surface area contributed by atoms with E-state index < -0.39 is 15.4 Å². The molecule has 1 saturated heterocycles. The van der Waals surface area contributed by atoms with Gasteiger partial charge < -0.3 is 0 Å². The maximum atomic E-state index is 13.3. The average molecular weight is 445 g/mol. The summed E-state index contributed by atoms with van der Waals surface area (Å²) in [5.41, 5.74) is 2.55. The molecule has 0 bridgehead atoms. The molecule has 5 heteroatoms. The molecule has 1 aliphatic rings. The molecule has 0 aromatic heterocycles. The van der Waals surface area contributed by atoms with Crippen molar-refractivity contribution in [3.8, 4) is 6.07 Å². The monoisotopic (exact) mass is 444 g/mol. The van der Waals surface area contributed by atoms with Crippen molar-refractivity contribution in [3.63, 3.8) is 0 Å². The van der Waals surface area contributed by atoms with Crippen LogP contribution < -0.4 is 0 Å². The lowest BCUT2D eigenvalue weighted by atomic mass is 9.68. The third kappa shape index (κ3) is 4.62. The van der Waals surface area contributed by atoms with Gasteiger partial charge in [0.1, 0.15) is 0 Å². The Labute approximate surface area is 191 Å². The molecule has 3 aromatic carbocycles. The lowest BCUT2D eigenvalue weighted by Crippen LogP contribution is -2.37. The fourth-order valence-electron chi connectivity index (χ4n) is 4.70. The van der Waals surface area contributed by atoms with E-state index in [1.54, 1.807) is 16.4 Å². The third-order valence-electron chi connectivity index (χ3n) is 6.54. The van der Waals surface area contributed by atoms with Crippen molar-refractivity contribution < 1.29 is 8.42 Å². The number of aryl methyl sites for hydroxylation is 1. The molecule has 1 fully saturated rings. The molecule has 0 N–H and O–H groups in total. The molecule has 0 aliphatic carbocycles. The lowest BCUT2D eigenvalue weighted by Gasteiger charge is -2.33. The van der Waals surface area contributed by atoms with Gasteiger partial charge in [-0.25, -0.2) is 8.42 Å². The van der Waals surface area contributed by atoms with Gasteiger partial charge in [0, 0.05) is 13.1 Å². The van der Waals surface area contributed by atoms with Gasteiger partial charge in [-0.15, -0.1) is 0 Å². The molecule has 3 aromatic rings. The largest absolute Gasteiger partial charge is 0.243 e. The molecule has 1 atom stereocenters. The van der Waals surface area contributed by atoms with Crippen LogP contribution in [-0.4, -0.2) is 25.8 Å². The zero-order valence-corrected chi connectivity index (χ0v) is 19.1. The number of hydrogen-bond donors (Lipinski definition) is 0. The summed E-state index contributed by atoms with van der Waals surface area (Å²) >= 11 is 0. The molecular weight excluding hydrogens is 416 g/mol. The van der Waals surface area contributed by atoms with Crippen LogP contribution in [0.15, 0.2) is 89.8 Å². The summed E-state index contributed by atoms with van der Waals surface area (Å²) in [6.45, 7) is 2.74. The first-order valence-corrected chi connectivity index (χ1v) is 12.4. The van der Waals surface area contributed by atoms with Crippen LogP contribution in [0.4, 0.5) is 0 Å². The van der Waals surface area contributed by atoms with Gasteiger partial charge in [-0.1, -0.05) is 78.4 Å². The molecule has 4 nitrogen and oxygen atoms in total. The van der Waals surface area contributed by atoms with Crippen LogP contribution in [0.5, 0.6) is 0 Å². The fourth-order valence-corrected chi connectivity index (χ4v) is 6.20. The third-order valence-corrected chi connectivity index (χ3v) is 8.42. The van der Waals surface area contributed by atoms with E-state index in [1.807, 2.05) is 79.7 Å². The van der Waals surface area contributed by atoms with Crippen molar-refractivity contribution in [3.05, 3.63) is 102 Å². The molecule has 0 saturated carbocycles. The second kappa shape index (κ2) is 9.28. The second-order valence-electron chi connectivity index (χ2n) is 8.75. The molecule has 4 rings (SSSR count). The number of hydrogen-bond acceptors (Lipinski definition) is 3. The summed E-state index contributed by atoms with van der Waals surface area (Å²) in [6.07, 6.45) is 1.88. The Morgan fingerprint density at radius 3 is 1.94 bits per heavy atom. The van der Waals surface area contributed by atoms with Crippen LogP contribution in [0, 0.1) is 29.6 Å². The SMILES string of the molecule is Cc1ccc(S(=O)(=O)N2CC[C@@H](C(C#N)(Cc3ccccc3)Cc3ccccc3)C2)cc1. The molecule has 0 amide bonds. The molecule has 0 spiro atoms. The van der Waals surface area contributed by atoms with Gasteiger partial charge in [0.05, 0.1) is 16.4 Å². The summed E-state index contributed by atoms with van der Waals surface area (Å²) in [5.74, 6) is -0.0480. The fraction of sp³-hybridized carbons (Fsp3) is 0.296. The molecule has 164 valence electrons. The van der Waals surface area contributed by atoms with E-state index in [2.05, 4.69) is 6.07 Å². The smallest absolute Gasteiger partial charge is 0.207 e. The molecule has 32 heavy (non-hydrogen) atoms. The molecular formula is C27H28N2O2S. The van der Waals surface area contributed by atoms with Crippen molar-refractivity contribution in [2.75, 3.05) is 13.1 Å². The quantitative estimate of drug-likeness (QED) is 0.515. The first-order valence-electron chi connectivity index (χ1n) is 11.0. The Morgan fingerprint density at radius 1 is 0.906 bits per heavy atom. The Balaban J connectivity index is 1.64. The summed E-state index contributed by atoms with van der Waals surface area (Å²) < 4.78 is 28.1. The van der Waals surface area contributed by atoms with Crippen LogP contribution in [0.1, 0.15) is 23.1 Å². The average Bonchev–Trinajstić information content (AvgIpc) is 3.32. The highest BCUT2D eigenvalue weighted by molar-refractivity contribution is 7.89. The Kier molecular flexibility index (Phi) is 6.45. The van der Waals surface area contributed by atoms with Gasteiger partial charge in [0.2, 0.25) is 10.0 Å². The van der Waals surface area contributed by atoms with Crippen LogP contribution >= 0.6 is 0 Å². The maximum Gasteiger partial charge on any atom is 0.243 e. The van der Waals surface area contributed by atoms with E-state index in [0.29, 0.717) is 37.2 Å². The summed E-state index contributed by atoms with van der Waals surface area (Å²) in [6, 6.07) is 29.7. The van der Waals surface area contributed by atoms with Gasteiger partial charge >= 0.3 is 0 Å². The minimum atomic E-state index is -3.58. The predicted molar refractivity (Wildman–Crippen MR) is 126 cm³/mol. The van der Waals surface area contributed by atoms with Gasteiger partial charge in [0.15, 0.2) is 0 Å². The van der Waals surface area contributed by atoms with E-state index in [-0.39, 0.29) is 5.92 Å². The normalized spacial score (nSPS) is 17.2. The minimum Gasteiger partial charge on any atom is -0.207 e. The molecule has 0 radical (unpaired) electrons. The number of sulfonamides is 1. The lowest BCUT2D eigenvalue weighted by molar-refractivity contribution is 0.243. The highest BCUT2D eigenvalue weighted by Gasteiger charge is 2.45. The number of nitriles is 1. The topological polar surface area (TPSA) is 61.2 Å². The van der Waals surface area contributed by atoms with E-state index in [0.717, 1.165) is 16.7 Å². The number of rotatable bonds is 7. The first kappa shape index (κ1) is 22.3. The number of nitrogens with zero attached hydrogens (tertiary/aromatic N) is 2. The summed E-state index contributed by atoms with van der Waals surface area (Å²) in [5, 5.41) is 10.5. The molecule has 0 unspecified atom stereocenters. The highest BCUT2D eigenvalue weighted by atomic mass is 32.2. The van der Waals surface area contributed by atoms with Gasteiger partial charge in [-0.2, -0.15) is 9.57 Å². The maximum absolute atomic E-state index is 13.3. The van der Waals surface area contributed by atoms with E-state index >= 15 is 0 Å². The van der Waals surface area contributed by atoms with Crippen LogP contribution in [0.25, 0.3) is 0 Å². The van der Waals surface area contributed by atoms with Crippen LogP contribution in [-0.2, 0) is 22.9 Å². The molecule has 1 heterocycles. The first-order chi connectivity index (χ1) is 15.4. The van der Waals surface area contributed by atoms with Gasteiger partial charge in [-0.05, 0) is 55.4 Å². The minimum absolute atomic E-state index is 0.0480. The second-order valence-corrected chi connectivity index (χ2v) is 10.7. The van der Waals surface area contributed by atoms with Gasteiger partial charge in [-0.3, -0.25) is 0 Å². The number of benzene rings is 3. The van der Waals surface area contributed by atoms with Crippen molar-refractivity contribution in [2.45, 2.75) is 31.1 Å².